The molecule has 0 aliphatic rings. The number of carbonyl (C=O) groups is 1. The fourth-order valence-electron chi connectivity index (χ4n) is 2.27. The van der Waals surface area contributed by atoms with Crippen molar-refractivity contribution < 1.29 is 9.90 Å². The van der Waals surface area contributed by atoms with Gasteiger partial charge in [-0.15, -0.1) is 0 Å². The smallest absolute Gasteiger partial charge is 0.239 e. The van der Waals surface area contributed by atoms with E-state index in [0.29, 0.717) is 6.54 Å². The summed E-state index contributed by atoms with van der Waals surface area (Å²) < 4.78 is 0. The number of anilines is 1. The minimum absolute atomic E-state index is 0.109. The monoisotopic (exact) mass is 327 g/mol. The van der Waals surface area contributed by atoms with Gasteiger partial charge in [0, 0.05) is 31.2 Å². The van der Waals surface area contributed by atoms with E-state index in [1.807, 2.05) is 61.2 Å². The van der Waals surface area contributed by atoms with E-state index in [1.165, 1.54) is 0 Å². The van der Waals surface area contributed by atoms with Gasteiger partial charge in [0.25, 0.3) is 0 Å². The van der Waals surface area contributed by atoms with E-state index in [4.69, 9.17) is 0 Å². The highest BCUT2D eigenvalue weighted by Crippen LogP contribution is 2.16. The van der Waals surface area contributed by atoms with Crippen molar-refractivity contribution in [2.24, 2.45) is 5.92 Å². The minimum Gasteiger partial charge on any atom is -0.391 e. The molecule has 128 valence electrons. The van der Waals surface area contributed by atoms with Crippen LogP contribution in [0, 0.1) is 5.92 Å². The quantitative estimate of drug-likeness (QED) is 0.780. The topological polar surface area (TPSA) is 65.5 Å². The number of carbonyl (C=O) groups excluding carboxylic acids is 1. The molecule has 24 heavy (non-hydrogen) atoms. The van der Waals surface area contributed by atoms with Gasteiger partial charge in [0.2, 0.25) is 5.91 Å². The molecule has 5 heteroatoms. The molecule has 1 aromatic heterocycles. The third-order valence-electron chi connectivity index (χ3n) is 3.83. The van der Waals surface area contributed by atoms with Gasteiger partial charge in [-0.2, -0.15) is 0 Å². The third-order valence-corrected chi connectivity index (χ3v) is 3.83. The lowest BCUT2D eigenvalue weighted by molar-refractivity contribution is -0.120. The molecule has 0 radical (unpaired) electrons. The number of rotatable bonds is 8. The molecule has 0 aliphatic heterocycles. The lowest BCUT2D eigenvalue weighted by Crippen LogP contribution is -2.41. The van der Waals surface area contributed by atoms with Gasteiger partial charge in [-0.05, 0) is 29.7 Å². The van der Waals surface area contributed by atoms with E-state index in [2.05, 4.69) is 10.3 Å². The predicted molar refractivity (Wildman–Crippen MR) is 95.6 cm³/mol. The van der Waals surface area contributed by atoms with Gasteiger partial charge < -0.3 is 15.3 Å². The molecule has 2 rings (SSSR count). The van der Waals surface area contributed by atoms with Crippen LogP contribution in [0.15, 0.2) is 54.9 Å². The van der Waals surface area contributed by atoms with Crippen molar-refractivity contribution in [3.8, 4) is 0 Å². The van der Waals surface area contributed by atoms with Gasteiger partial charge in [0.15, 0.2) is 0 Å². The van der Waals surface area contributed by atoms with Crippen molar-refractivity contribution in [1.29, 1.82) is 0 Å². The summed E-state index contributed by atoms with van der Waals surface area (Å²) in [5.41, 5.74) is 2.01. The van der Waals surface area contributed by atoms with Crippen LogP contribution in [0.3, 0.4) is 0 Å². The molecule has 2 N–H and O–H groups in total. The zero-order chi connectivity index (χ0) is 17.4. The predicted octanol–water partition coefficient (Wildman–Crippen LogP) is 2.22. The van der Waals surface area contributed by atoms with Gasteiger partial charge in [0.05, 0.1) is 12.6 Å². The van der Waals surface area contributed by atoms with E-state index in [-0.39, 0.29) is 24.9 Å². The van der Waals surface area contributed by atoms with Crippen LogP contribution in [0.5, 0.6) is 0 Å². The number of benzene rings is 1. The summed E-state index contributed by atoms with van der Waals surface area (Å²) in [5.74, 6) is 0.00774. The number of pyridine rings is 1. The molecule has 1 amide bonds. The molecule has 1 aromatic carbocycles. The second kappa shape index (κ2) is 9.03. The Kier molecular flexibility index (Phi) is 6.75. The average molecular weight is 327 g/mol. The summed E-state index contributed by atoms with van der Waals surface area (Å²) in [7, 11) is 0. The molecule has 1 unspecified atom stereocenters. The van der Waals surface area contributed by atoms with Crippen LogP contribution in [0.25, 0.3) is 0 Å². The minimum atomic E-state index is -0.530. The molecule has 1 heterocycles. The van der Waals surface area contributed by atoms with E-state index in [1.54, 1.807) is 12.4 Å². The van der Waals surface area contributed by atoms with Crippen molar-refractivity contribution in [1.82, 2.24) is 10.3 Å². The van der Waals surface area contributed by atoms with Crippen molar-refractivity contribution in [3.63, 3.8) is 0 Å². The SMILES string of the molecule is CC(C)C(O)CNC(=O)CN(Cc1cccnc1)c1ccccc1. The number of para-hydroxylation sites is 1. The van der Waals surface area contributed by atoms with Crippen LogP contribution in [0.4, 0.5) is 5.69 Å². The lowest BCUT2D eigenvalue weighted by atomic mass is 10.1. The second-order valence-corrected chi connectivity index (χ2v) is 6.17. The van der Waals surface area contributed by atoms with E-state index >= 15 is 0 Å². The van der Waals surface area contributed by atoms with Crippen molar-refractivity contribution in [2.45, 2.75) is 26.5 Å². The first-order valence-corrected chi connectivity index (χ1v) is 8.20. The summed E-state index contributed by atoms with van der Waals surface area (Å²) in [6, 6.07) is 13.7. The Morgan fingerprint density at radius 3 is 2.58 bits per heavy atom. The van der Waals surface area contributed by atoms with Gasteiger partial charge in [-0.25, -0.2) is 0 Å². The van der Waals surface area contributed by atoms with E-state index in [0.717, 1.165) is 11.3 Å². The second-order valence-electron chi connectivity index (χ2n) is 6.17. The van der Waals surface area contributed by atoms with E-state index < -0.39 is 6.10 Å². The maximum absolute atomic E-state index is 12.3. The van der Waals surface area contributed by atoms with Crippen LogP contribution in [0.1, 0.15) is 19.4 Å². The zero-order valence-electron chi connectivity index (χ0n) is 14.2. The fourth-order valence-corrected chi connectivity index (χ4v) is 2.27. The maximum atomic E-state index is 12.3. The number of aromatic nitrogens is 1. The molecule has 0 saturated carbocycles. The summed E-state index contributed by atoms with van der Waals surface area (Å²) in [6.07, 6.45) is 3.00. The largest absolute Gasteiger partial charge is 0.391 e. The zero-order valence-corrected chi connectivity index (χ0v) is 14.2. The summed E-state index contributed by atoms with van der Waals surface area (Å²) >= 11 is 0. The molecule has 0 saturated heterocycles. The van der Waals surface area contributed by atoms with Gasteiger partial charge in [-0.3, -0.25) is 9.78 Å². The molecule has 1 atom stereocenters. The molecule has 0 aliphatic carbocycles. The molecular weight excluding hydrogens is 302 g/mol. The third kappa shape index (κ3) is 5.66. The normalized spacial score (nSPS) is 12.0. The van der Waals surface area contributed by atoms with E-state index in [9.17, 15) is 9.90 Å². The molecule has 0 spiro atoms. The number of amides is 1. The molecule has 5 nitrogen and oxygen atoms in total. The first kappa shape index (κ1) is 17.9. The Morgan fingerprint density at radius 2 is 1.96 bits per heavy atom. The number of hydrogen-bond donors (Lipinski definition) is 2. The Hall–Kier alpha value is -2.40. The Labute approximate surface area is 143 Å². The lowest BCUT2D eigenvalue weighted by Gasteiger charge is -2.25. The summed E-state index contributed by atoms with van der Waals surface area (Å²) in [4.78, 5) is 18.4. The highest BCUT2D eigenvalue weighted by molar-refractivity contribution is 5.81. The molecule has 0 fully saturated rings. The maximum Gasteiger partial charge on any atom is 0.239 e. The van der Waals surface area contributed by atoms with Crippen molar-refractivity contribution >= 4 is 11.6 Å². The number of aliphatic hydroxyl groups is 1. The van der Waals surface area contributed by atoms with Gasteiger partial charge in [-0.1, -0.05) is 38.1 Å². The highest BCUT2D eigenvalue weighted by Gasteiger charge is 2.15. The van der Waals surface area contributed by atoms with Crippen LogP contribution in [-0.2, 0) is 11.3 Å². The van der Waals surface area contributed by atoms with Gasteiger partial charge in [0.1, 0.15) is 0 Å². The fraction of sp³-hybridized carbons (Fsp3) is 0.368. The van der Waals surface area contributed by atoms with Crippen LogP contribution in [0.2, 0.25) is 0 Å². The number of hydrogen-bond acceptors (Lipinski definition) is 4. The first-order chi connectivity index (χ1) is 11.6. The standard InChI is InChI=1S/C19H25N3O2/c1-15(2)18(23)12-21-19(24)14-22(17-8-4-3-5-9-17)13-16-7-6-10-20-11-16/h3-11,15,18,23H,12-14H2,1-2H3,(H,21,24). The highest BCUT2D eigenvalue weighted by atomic mass is 16.3. The van der Waals surface area contributed by atoms with Gasteiger partial charge >= 0.3 is 0 Å². The van der Waals surface area contributed by atoms with Crippen molar-refractivity contribution in [2.75, 3.05) is 18.0 Å². The average Bonchev–Trinajstić information content (AvgIpc) is 2.60. The van der Waals surface area contributed by atoms with Crippen LogP contribution >= 0.6 is 0 Å². The molecular formula is C19H25N3O2. The van der Waals surface area contributed by atoms with Crippen molar-refractivity contribution in [3.05, 3.63) is 60.4 Å². The number of aliphatic hydroxyl groups excluding tert-OH is 1. The van der Waals surface area contributed by atoms with Crippen LogP contribution in [-0.4, -0.2) is 35.2 Å². The summed E-state index contributed by atoms with van der Waals surface area (Å²) in [6.45, 7) is 4.94. The Bertz CT molecular complexity index is 617. The summed E-state index contributed by atoms with van der Waals surface area (Å²) in [5, 5.41) is 12.6. The number of nitrogens with one attached hydrogen (secondary N) is 1. The Morgan fingerprint density at radius 1 is 1.21 bits per heavy atom. The first-order valence-electron chi connectivity index (χ1n) is 8.20. The van der Waals surface area contributed by atoms with Crippen LogP contribution < -0.4 is 10.2 Å². The molecule has 2 aromatic rings. The Balaban J connectivity index is 2.02. The number of nitrogens with zero attached hydrogens (tertiary/aromatic N) is 2. The molecule has 0 bridgehead atoms.